The van der Waals surface area contributed by atoms with Crippen molar-refractivity contribution in [2.24, 2.45) is 11.8 Å². The Morgan fingerprint density at radius 3 is 2.41 bits per heavy atom. The van der Waals surface area contributed by atoms with E-state index in [1.165, 1.54) is 38.8 Å². The Morgan fingerprint density at radius 2 is 1.88 bits per heavy atom. The molecule has 3 unspecified atom stereocenters. The van der Waals surface area contributed by atoms with Crippen molar-refractivity contribution >= 4 is 0 Å². The molecule has 17 heavy (non-hydrogen) atoms. The molecule has 2 heteroatoms. The van der Waals surface area contributed by atoms with Gasteiger partial charge in [0.05, 0.1) is 0 Å². The monoisotopic (exact) mass is 238 g/mol. The van der Waals surface area contributed by atoms with Gasteiger partial charge in [-0.15, -0.1) is 0 Å². The summed E-state index contributed by atoms with van der Waals surface area (Å²) in [6.07, 6.45) is 5.72. The van der Waals surface area contributed by atoms with Gasteiger partial charge in [-0.3, -0.25) is 4.90 Å². The van der Waals surface area contributed by atoms with Crippen LogP contribution in [-0.4, -0.2) is 36.1 Å². The van der Waals surface area contributed by atoms with Crippen LogP contribution in [0.25, 0.3) is 0 Å². The minimum absolute atomic E-state index is 0.635. The molecule has 100 valence electrons. The average Bonchev–Trinajstić information content (AvgIpc) is 2.64. The summed E-state index contributed by atoms with van der Waals surface area (Å²) in [5.41, 5.74) is 0. The molecule has 0 aromatic rings. The molecule has 1 saturated heterocycles. The van der Waals surface area contributed by atoms with E-state index < -0.39 is 0 Å². The zero-order chi connectivity index (χ0) is 12.4. The quantitative estimate of drug-likeness (QED) is 0.792. The van der Waals surface area contributed by atoms with Crippen molar-refractivity contribution < 1.29 is 0 Å². The molecule has 1 N–H and O–H groups in total. The van der Waals surface area contributed by atoms with Crippen molar-refractivity contribution in [3.8, 4) is 0 Å². The SMILES string of the molecule is CC(C)NCC1CCC1N1CCCC1C(C)C. The van der Waals surface area contributed by atoms with Crippen molar-refractivity contribution in [3.05, 3.63) is 0 Å². The maximum Gasteiger partial charge on any atom is 0.0139 e. The number of nitrogens with one attached hydrogen (secondary N) is 1. The van der Waals surface area contributed by atoms with Crippen LogP contribution in [0.2, 0.25) is 0 Å². The minimum atomic E-state index is 0.635. The lowest BCUT2D eigenvalue weighted by Gasteiger charge is -2.46. The first-order valence-corrected chi connectivity index (χ1v) is 7.58. The van der Waals surface area contributed by atoms with E-state index in [2.05, 4.69) is 37.9 Å². The normalized spacial score (nSPS) is 34.6. The molecule has 1 saturated carbocycles. The molecule has 0 spiro atoms. The lowest BCUT2D eigenvalue weighted by Crippen LogP contribution is -2.53. The first kappa shape index (κ1) is 13.4. The Kier molecular flexibility index (Phi) is 4.48. The van der Waals surface area contributed by atoms with E-state index in [0.717, 1.165) is 23.9 Å². The number of hydrogen-bond acceptors (Lipinski definition) is 2. The van der Waals surface area contributed by atoms with Crippen molar-refractivity contribution in [3.63, 3.8) is 0 Å². The van der Waals surface area contributed by atoms with Gasteiger partial charge >= 0.3 is 0 Å². The second-order valence-electron chi connectivity index (χ2n) is 6.66. The lowest BCUT2D eigenvalue weighted by molar-refractivity contribution is 0.0366. The third-order valence-corrected chi connectivity index (χ3v) is 4.70. The van der Waals surface area contributed by atoms with Crippen LogP contribution in [0, 0.1) is 11.8 Å². The molecule has 0 amide bonds. The van der Waals surface area contributed by atoms with Crippen molar-refractivity contribution in [1.82, 2.24) is 10.2 Å². The van der Waals surface area contributed by atoms with Crippen LogP contribution in [0.1, 0.15) is 53.4 Å². The van der Waals surface area contributed by atoms with Crippen LogP contribution in [0.3, 0.4) is 0 Å². The highest BCUT2D eigenvalue weighted by Crippen LogP contribution is 2.37. The average molecular weight is 238 g/mol. The Balaban J connectivity index is 1.85. The summed E-state index contributed by atoms with van der Waals surface area (Å²) in [5.74, 6) is 1.74. The molecular formula is C15H30N2. The summed E-state index contributed by atoms with van der Waals surface area (Å²) < 4.78 is 0. The van der Waals surface area contributed by atoms with Crippen LogP contribution in [0.15, 0.2) is 0 Å². The molecule has 1 aliphatic carbocycles. The number of hydrogen-bond donors (Lipinski definition) is 1. The van der Waals surface area contributed by atoms with E-state index >= 15 is 0 Å². The Bertz CT molecular complexity index is 237. The Labute approximate surface area is 107 Å². The maximum atomic E-state index is 3.62. The van der Waals surface area contributed by atoms with Gasteiger partial charge in [0.1, 0.15) is 0 Å². The molecule has 3 atom stereocenters. The van der Waals surface area contributed by atoms with Gasteiger partial charge in [-0.2, -0.15) is 0 Å². The van der Waals surface area contributed by atoms with Crippen LogP contribution in [0.4, 0.5) is 0 Å². The highest BCUT2D eigenvalue weighted by molar-refractivity contribution is 4.96. The van der Waals surface area contributed by atoms with Crippen molar-refractivity contribution in [2.75, 3.05) is 13.1 Å². The van der Waals surface area contributed by atoms with Gasteiger partial charge in [-0.25, -0.2) is 0 Å². The van der Waals surface area contributed by atoms with Crippen molar-refractivity contribution in [1.29, 1.82) is 0 Å². The molecule has 0 radical (unpaired) electrons. The minimum Gasteiger partial charge on any atom is -0.314 e. The second-order valence-corrected chi connectivity index (χ2v) is 6.66. The van der Waals surface area contributed by atoms with Crippen LogP contribution in [-0.2, 0) is 0 Å². The van der Waals surface area contributed by atoms with Gasteiger partial charge in [0.25, 0.3) is 0 Å². The zero-order valence-corrected chi connectivity index (χ0v) is 12.1. The Hall–Kier alpha value is -0.0800. The summed E-state index contributed by atoms with van der Waals surface area (Å²) >= 11 is 0. The number of rotatable bonds is 5. The first-order valence-electron chi connectivity index (χ1n) is 7.58. The van der Waals surface area contributed by atoms with E-state index in [-0.39, 0.29) is 0 Å². The maximum absolute atomic E-state index is 3.62. The first-order chi connectivity index (χ1) is 8.09. The molecule has 2 fully saturated rings. The van der Waals surface area contributed by atoms with Gasteiger partial charge in [0, 0.05) is 18.1 Å². The standard InChI is InChI=1S/C15H30N2/c1-11(2)14-6-5-9-17(14)15-8-7-13(15)10-16-12(3)4/h11-16H,5-10H2,1-4H3. The summed E-state index contributed by atoms with van der Waals surface area (Å²) in [7, 11) is 0. The predicted molar refractivity (Wildman–Crippen MR) is 74.2 cm³/mol. The van der Waals surface area contributed by atoms with Crippen LogP contribution in [0.5, 0.6) is 0 Å². The van der Waals surface area contributed by atoms with Crippen molar-refractivity contribution in [2.45, 2.75) is 71.5 Å². The highest BCUT2D eigenvalue weighted by atomic mass is 15.2. The smallest absolute Gasteiger partial charge is 0.0139 e. The van der Waals surface area contributed by atoms with E-state index in [1.807, 2.05) is 0 Å². The highest BCUT2D eigenvalue weighted by Gasteiger charge is 2.40. The van der Waals surface area contributed by atoms with E-state index in [0.29, 0.717) is 6.04 Å². The van der Waals surface area contributed by atoms with Crippen LogP contribution < -0.4 is 5.32 Å². The molecule has 0 aromatic heterocycles. The largest absolute Gasteiger partial charge is 0.314 e. The van der Waals surface area contributed by atoms with E-state index in [1.54, 1.807) is 0 Å². The predicted octanol–water partition coefficient (Wildman–Crippen LogP) is 2.88. The number of likely N-dealkylation sites (tertiary alicyclic amines) is 1. The molecule has 1 aliphatic heterocycles. The van der Waals surface area contributed by atoms with Gasteiger partial charge in [0.2, 0.25) is 0 Å². The molecule has 2 nitrogen and oxygen atoms in total. The lowest BCUT2D eigenvalue weighted by atomic mass is 9.77. The summed E-state index contributed by atoms with van der Waals surface area (Å²) in [6.45, 7) is 11.9. The fourth-order valence-corrected chi connectivity index (χ4v) is 3.56. The molecular weight excluding hydrogens is 208 g/mol. The van der Waals surface area contributed by atoms with Gasteiger partial charge in [-0.05, 0) is 50.6 Å². The number of nitrogens with zero attached hydrogens (tertiary/aromatic N) is 1. The second kappa shape index (κ2) is 5.71. The molecule has 1 heterocycles. The molecule has 0 aromatic carbocycles. The topological polar surface area (TPSA) is 15.3 Å². The molecule has 2 aliphatic rings. The third kappa shape index (κ3) is 3.03. The van der Waals surface area contributed by atoms with Crippen LogP contribution >= 0.6 is 0 Å². The van der Waals surface area contributed by atoms with E-state index in [9.17, 15) is 0 Å². The summed E-state index contributed by atoms with van der Waals surface area (Å²) in [6, 6.07) is 2.38. The van der Waals surface area contributed by atoms with Gasteiger partial charge in [-0.1, -0.05) is 27.7 Å². The molecule has 0 bridgehead atoms. The summed E-state index contributed by atoms with van der Waals surface area (Å²) in [4.78, 5) is 2.83. The fourth-order valence-electron chi connectivity index (χ4n) is 3.56. The van der Waals surface area contributed by atoms with Gasteiger partial charge in [0.15, 0.2) is 0 Å². The fraction of sp³-hybridized carbons (Fsp3) is 1.00. The zero-order valence-electron chi connectivity index (χ0n) is 12.1. The molecule has 2 rings (SSSR count). The Morgan fingerprint density at radius 1 is 1.12 bits per heavy atom. The summed E-state index contributed by atoms with van der Waals surface area (Å²) in [5, 5.41) is 3.62. The van der Waals surface area contributed by atoms with E-state index in [4.69, 9.17) is 0 Å². The van der Waals surface area contributed by atoms with Gasteiger partial charge < -0.3 is 5.32 Å². The third-order valence-electron chi connectivity index (χ3n) is 4.70.